The van der Waals surface area contributed by atoms with E-state index in [2.05, 4.69) is 36.6 Å². The van der Waals surface area contributed by atoms with E-state index >= 15 is 0 Å². The first-order valence-corrected chi connectivity index (χ1v) is 12.7. The van der Waals surface area contributed by atoms with Crippen LogP contribution in [-0.4, -0.2) is 53.0 Å². The number of aromatic nitrogens is 3. The van der Waals surface area contributed by atoms with Gasteiger partial charge in [0.1, 0.15) is 5.82 Å². The molecule has 5 N–H and O–H groups in total. The Labute approximate surface area is 218 Å². The molecule has 10 heteroatoms. The maximum Gasteiger partial charge on any atom is 0.170 e. The second kappa shape index (κ2) is 14.9. The standard InChI is InChI=1S/C26H37N7O2S/c1-20-18-28-19-33(20)14-5-11-31-26(36)32-22-7-8-23(24(17-22)34-2)35-15-4-3-6-21-9-12-29-25(16-21)30-13-10-27/h7-9,12,16-19H,3-6,10-11,13-15,27H2,1-2H3,(H,29,30)(H2,31,32,36). The zero-order valence-corrected chi connectivity index (χ0v) is 21.9. The number of hydrogen-bond donors (Lipinski definition) is 4. The summed E-state index contributed by atoms with van der Waals surface area (Å²) < 4.78 is 13.6. The van der Waals surface area contributed by atoms with Crippen molar-refractivity contribution in [3.8, 4) is 11.5 Å². The van der Waals surface area contributed by atoms with Crippen LogP contribution in [0, 0.1) is 6.92 Å². The van der Waals surface area contributed by atoms with Gasteiger partial charge in [-0.25, -0.2) is 9.97 Å². The first-order valence-electron chi connectivity index (χ1n) is 12.3. The second-order valence-corrected chi connectivity index (χ2v) is 8.81. The van der Waals surface area contributed by atoms with Crippen molar-refractivity contribution < 1.29 is 9.47 Å². The lowest BCUT2D eigenvalue weighted by molar-refractivity contribution is 0.286. The fourth-order valence-corrected chi connectivity index (χ4v) is 3.87. The minimum atomic E-state index is 0.575. The Bertz CT molecular complexity index is 1090. The molecule has 0 aliphatic carbocycles. The molecule has 9 nitrogen and oxygen atoms in total. The third-order valence-corrected chi connectivity index (χ3v) is 5.84. The van der Waals surface area contributed by atoms with E-state index in [0.29, 0.717) is 24.0 Å². The average Bonchev–Trinajstić information content (AvgIpc) is 3.30. The van der Waals surface area contributed by atoms with Crippen LogP contribution in [0.15, 0.2) is 49.1 Å². The van der Waals surface area contributed by atoms with Crippen LogP contribution in [0.1, 0.15) is 30.5 Å². The first kappa shape index (κ1) is 27.2. The molecule has 1 aromatic carbocycles. The number of hydrogen-bond acceptors (Lipinski definition) is 7. The molecule has 3 rings (SSSR count). The van der Waals surface area contributed by atoms with Crippen LogP contribution in [0.3, 0.4) is 0 Å². The summed E-state index contributed by atoms with van der Waals surface area (Å²) in [5.74, 6) is 2.25. The topological polar surface area (TPSA) is 111 Å². The number of nitrogens with zero attached hydrogens (tertiary/aromatic N) is 3. The predicted molar refractivity (Wildman–Crippen MR) is 149 cm³/mol. The molecule has 3 aromatic rings. The number of ether oxygens (including phenoxy) is 2. The molecule has 2 aromatic heterocycles. The van der Waals surface area contributed by atoms with Crippen LogP contribution in [-0.2, 0) is 13.0 Å². The number of anilines is 2. The first-order chi connectivity index (χ1) is 17.6. The van der Waals surface area contributed by atoms with E-state index in [1.54, 1.807) is 7.11 Å². The molecule has 0 aliphatic rings. The predicted octanol–water partition coefficient (Wildman–Crippen LogP) is 3.74. The van der Waals surface area contributed by atoms with Gasteiger partial charge in [0, 0.05) is 56.0 Å². The molecule has 0 aliphatic heterocycles. The van der Waals surface area contributed by atoms with Crippen LogP contribution in [0.5, 0.6) is 11.5 Å². The highest BCUT2D eigenvalue weighted by atomic mass is 32.1. The summed E-state index contributed by atoms with van der Waals surface area (Å²) in [6, 6.07) is 9.86. The summed E-state index contributed by atoms with van der Waals surface area (Å²) in [6.07, 6.45) is 9.40. The van der Waals surface area contributed by atoms with Crippen molar-refractivity contribution in [2.45, 2.75) is 39.2 Å². The van der Waals surface area contributed by atoms with Gasteiger partial charge in [0.15, 0.2) is 16.6 Å². The van der Waals surface area contributed by atoms with Gasteiger partial charge in [-0.05, 0) is 74.7 Å². The summed E-state index contributed by atoms with van der Waals surface area (Å²) >= 11 is 5.43. The van der Waals surface area contributed by atoms with Gasteiger partial charge in [0.25, 0.3) is 0 Å². The molecule has 36 heavy (non-hydrogen) atoms. The molecular weight excluding hydrogens is 474 g/mol. The largest absolute Gasteiger partial charge is 0.493 e. The van der Waals surface area contributed by atoms with E-state index < -0.39 is 0 Å². The third kappa shape index (κ3) is 9.01. The maximum absolute atomic E-state index is 5.98. The number of methoxy groups -OCH3 is 1. The van der Waals surface area contributed by atoms with E-state index in [0.717, 1.165) is 68.3 Å². The number of thiocarbonyl (C=S) groups is 1. The van der Waals surface area contributed by atoms with Gasteiger partial charge in [0.05, 0.1) is 20.0 Å². The Hall–Kier alpha value is -3.37. The number of nitrogens with two attached hydrogens (primary N) is 1. The highest BCUT2D eigenvalue weighted by Gasteiger charge is 2.07. The highest BCUT2D eigenvalue weighted by molar-refractivity contribution is 7.80. The van der Waals surface area contributed by atoms with Crippen molar-refractivity contribution in [2.75, 3.05) is 44.0 Å². The van der Waals surface area contributed by atoms with E-state index in [4.69, 9.17) is 27.4 Å². The van der Waals surface area contributed by atoms with Gasteiger partial charge in [-0.15, -0.1) is 0 Å². The molecule has 0 bridgehead atoms. The van der Waals surface area contributed by atoms with E-state index in [1.807, 2.05) is 49.9 Å². The molecular formula is C26H37N7O2S. The van der Waals surface area contributed by atoms with Crippen molar-refractivity contribution in [3.05, 3.63) is 60.3 Å². The van der Waals surface area contributed by atoms with Crippen LogP contribution in [0.25, 0.3) is 0 Å². The normalized spacial score (nSPS) is 10.6. The number of imidazole rings is 1. The second-order valence-electron chi connectivity index (χ2n) is 8.40. The van der Waals surface area contributed by atoms with Crippen molar-refractivity contribution >= 4 is 28.8 Å². The number of rotatable bonds is 15. The molecule has 0 unspecified atom stereocenters. The molecule has 194 valence electrons. The lowest BCUT2D eigenvalue weighted by Crippen LogP contribution is -2.29. The minimum Gasteiger partial charge on any atom is -0.493 e. The lowest BCUT2D eigenvalue weighted by atomic mass is 10.1. The molecule has 0 amide bonds. The Balaban J connectivity index is 1.37. The van der Waals surface area contributed by atoms with Gasteiger partial charge >= 0.3 is 0 Å². The summed E-state index contributed by atoms with van der Waals surface area (Å²) in [5, 5.41) is 10.2. The molecule has 0 atom stereocenters. The molecule has 0 radical (unpaired) electrons. The third-order valence-electron chi connectivity index (χ3n) is 5.60. The quantitative estimate of drug-likeness (QED) is 0.179. The fraction of sp³-hybridized carbons (Fsp3) is 0.423. The fourth-order valence-electron chi connectivity index (χ4n) is 3.65. The van der Waals surface area contributed by atoms with Gasteiger partial charge in [-0.3, -0.25) is 0 Å². The average molecular weight is 512 g/mol. The summed E-state index contributed by atoms with van der Waals surface area (Å²) in [6.45, 7) is 5.64. The van der Waals surface area contributed by atoms with Gasteiger partial charge in [-0.2, -0.15) is 0 Å². The van der Waals surface area contributed by atoms with Gasteiger partial charge < -0.3 is 35.7 Å². The highest BCUT2D eigenvalue weighted by Crippen LogP contribution is 2.30. The van der Waals surface area contributed by atoms with Gasteiger partial charge in [-0.1, -0.05) is 0 Å². The van der Waals surface area contributed by atoms with Crippen LogP contribution >= 0.6 is 12.2 Å². The van der Waals surface area contributed by atoms with E-state index in [1.165, 1.54) is 5.56 Å². The minimum absolute atomic E-state index is 0.575. The Morgan fingerprint density at radius 1 is 1.11 bits per heavy atom. The SMILES string of the molecule is COc1cc(NC(=S)NCCCn2cncc2C)ccc1OCCCCc1ccnc(NCCN)c1. The summed E-state index contributed by atoms with van der Waals surface area (Å²) in [5.41, 5.74) is 8.79. The molecule has 0 saturated heterocycles. The zero-order valence-electron chi connectivity index (χ0n) is 21.1. The Morgan fingerprint density at radius 2 is 2.00 bits per heavy atom. The van der Waals surface area contributed by atoms with Crippen molar-refractivity contribution in [1.82, 2.24) is 19.9 Å². The monoisotopic (exact) mass is 511 g/mol. The van der Waals surface area contributed by atoms with E-state index in [9.17, 15) is 0 Å². The smallest absolute Gasteiger partial charge is 0.170 e. The summed E-state index contributed by atoms with van der Waals surface area (Å²) in [7, 11) is 1.64. The number of pyridine rings is 1. The Morgan fingerprint density at radius 3 is 2.78 bits per heavy atom. The maximum atomic E-state index is 5.98. The Kier molecular flexibility index (Phi) is 11.3. The number of nitrogens with one attached hydrogen (secondary N) is 3. The number of aryl methyl sites for hydroxylation is 3. The zero-order chi connectivity index (χ0) is 25.6. The molecule has 0 saturated carbocycles. The molecule has 0 fully saturated rings. The van der Waals surface area contributed by atoms with Crippen LogP contribution in [0.4, 0.5) is 11.5 Å². The summed E-state index contributed by atoms with van der Waals surface area (Å²) in [4.78, 5) is 8.45. The van der Waals surface area contributed by atoms with Crippen LogP contribution < -0.4 is 31.2 Å². The van der Waals surface area contributed by atoms with Gasteiger partial charge in [0.2, 0.25) is 0 Å². The van der Waals surface area contributed by atoms with Crippen molar-refractivity contribution in [2.24, 2.45) is 5.73 Å². The molecule has 2 heterocycles. The molecule has 0 spiro atoms. The van der Waals surface area contributed by atoms with E-state index in [-0.39, 0.29) is 0 Å². The van der Waals surface area contributed by atoms with Crippen molar-refractivity contribution in [1.29, 1.82) is 0 Å². The number of unbranched alkanes of at least 4 members (excludes halogenated alkanes) is 1. The lowest BCUT2D eigenvalue weighted by Gasteiger charge is -2.14. The van der Waals surface area contributed by atoms with Crippen molar-refractivity contribution in [3.63, 3.8) is 0 Å². The van der Waals surface area contributed by atoms with Crippen LogP contribution in [0.2, 0.25) is 0 Å². The number of benzene rings is 1.